The lowest BCUT2D eigenvalue weighted by atomic mass is 10.0. The van der Waals surface area contributed by atoms with Gasteiger partial charge in [0, 0.05) is 12.8 Å². The van der Waals surface area contributed by atoms with Crippen LogP contribution >= 0.6 is 0 Å². The molecule has 0 heterocycles. The van der Waals surface area contributed by atoms with Crippen LogP contribution in [-0.2, 0) is 14.3 Å². The van der Waals surface area contributed by atoms with Crippen molar-refractivity contribution in [1.29, 1.82) is 0 Å². The molecule has 0 spiro atoms. The van der Waals surface area contributed by atoms with Crippen molar-refractivity contribution in [2.24, 2.45) is 0 Å². The molecule has 0 bridgehead atoms. The molecule has 2 atom stereocenters. The molecule has 0 aliphatic heterocycles. The van der Waals surface area contributed by atoms with E-state index in [0.29, 0.717) is 25.9 Å². The number of nitrogens with one attached hydrogen (secondary N) is 1. The fourth-order valence-corrected chi connectivity index (χ4v) is 8.28. The van der Waals surface area contributed by atoms with Crippen LogP contribution in [0.3, 0.4) is 0 Å². The molecule has 0 saturated carbocycles. The van der Waals surface area contributed by atoms with Gasteiger partial charge in [0.25, 0.3) is 0 Å². The van der Waals surface area contributed by atoms with Crippen LogP contribution in [0.5, 0.6) is 0 Å². The molecule has 0 aromatic rings. The molecular weight excluding hydrogens is 755 g/mol. The monoisotopic (exact) mass is 860 g/mol. The molecular formula is C55H105NO5. The van der Waals surface area contributed by atoms with Gasteiger partial charge in [0.15, 0.2) is 0 Å². The number of esters is 1. The van der Waals surface area contributed by atoms with Gasteiger partial charge < -0.3 is 20.3 Å². The van der Waals surface area contributed by atoms with E-state index in [1.54, 1.807) is 0 Å². The number of allylic oxidation sites excluding steroid dienone is 4. The second kappa shape index (κ2) is 51.0. The molecule has 6 nitrogen and oxygen atoms in total. The van der Waals surface area contributed by atoms with Gasteiger partial charge in [-0.2, -0.15) is 0 Å². The van der Waals surface area contributed by atoms with Gasteiger partial charge in [0.1, 0.15) is 0 Å². The Morgan fingerprint density at radius 1 is 0.443 bits per heavy atom. The summed E-state index contributed by atoms with van der Waals surface area (Å²) in [6, 6.07) is -0.561. The van der Waals surface area contributed by atoms with Crippen molar-refractivity contribution in [2.45, 2.75) is 302 Å². The average Bonchev–Trinajstić information content (AvgIpc) is 3.26. The van der Waals surface area contributed by atoms with Crippen LogP contribution in [0.4, 0.5) is 0 Å². The number of carbonyl (C=O) groups is 2. The Bertz CT molecular complexity index is 951. The number of hydrogen-bond acceptors (Lipinski definition) is 5. The highest BCUT2D eigenvalue weighted by Gasteiger charge is 2.20. The van der Waals surface area contributed by atoms with Gasteiger partial charge in [0.05, 0.1) is 25.4 Å². The summed E-state index contributed by atoms with van der Waals surface area (Å²) < 4.78 is 5.46. The van der Waals surface area contributed by atoms with E-state index in [4.69, 9.17) is 4.74 Å². The van der Waals surface area contributed by atoms with Gasteiger partial charge >= 0.3 is 5.97 Å². The summed E-state index contributed by atoms with van der Waals surface area (Å²) in [7, 11) is 0. The molecule has 0 saturated heterocycles. The van der Waals surface area contributed by atoms with Crippen molar-refractivity contribution in [1.82, 2.24) is 5.32 Å². The molecule has 2 unspecified atom stereocenters. The molecule has 0 radical (unpaired) electrons. The first-order chi connectivity index (χ1) is 30.0. The van der Waals surface area contributed by atoms with Gasteiger partial charge in [-0.15, -0.1) is 0 Å². The van der Waals surface area contributed by atoms with Crippen molar-refractivity contribution in [2.75, 3.05) is 13.2 Å². The number of unbranched alkanes of at least 4 members (excludes halogenated alkanes) is 35. The Kier molecular flexibility index (Phi) is 49.6. The zero-order chi connectivity index (χ0) is 44.4. The summed E-state index contributed by atoms with van der Waals surface area (Å²) in [5, 5.41) is 23.2. The summed E-state index contributed by atoms with van der Waals surface area (Å²) in [5.74, 6) is -0.0805. The minimum absolute atomic E-state index is 0.0159. The highest BCUT2D eigenvalue weighted by Crippen LogP contribution is 2.16. The van der Waals surface area contributed by atoms with E-state index in [1.807, 2.05) is 0 Å². The maximum atomic E-state index is 12.4. The summed E-state index contributed by atoms with van der Waals surface area (Å²) in [5.41, 5.74) is 0. The summed E-state index contributed by atoms with van der Waals surface area (Å²) >= 11 is 0. The number of hydrogen-bond donors (Lipinski definition) is 3. The molecule has 0 rings (SSSR count). The van der Waals surface area contributed by atoms with Gasteiger partial charge in [-0.25, -0.2) is 0 Å². The maximum Gasteiger partial charge on any atom is 0.305 e. The lowest BCUT2D eigenvalue weighted by Crippen LogP contribution is -2.45. The van der Waals surface area contributed by atoms with Crippen molar-refractivity contribution in [3.63, 3.8) is 0 Å². The minimum Gasteiger partial charge on any atom is -0.466 e. The second-order valence-electron chi connectivity index (χ2n) is 18.6. The smallest absolute Gasteiger partial charge is 0.305 e. The Hall–Kier alpha value is -1.66. The number of amides is 1. The van der Waals surface area contributed by atoms with Crippen molar-refractivity contribution >= 4 is 11.9 Å². The van der Waals surface area contributed by atoms with Gasteiger partial charge in [0.2, 0.25) is 5.91 Å². The van der Waals surface area contributed by atoms with Crippen molar-refractivity contribution in [3.8, 4) is 0 Å². The minimum atomic E-state index is -0.681. The van der Waals surface area contributed by atoms with Gasteiger partial charge in [-0.1, -0.05) is 224 Å². The molecule has 6 heteroatoms. The van der Waals surface area contributed by atoms with Crippen LogP contribution < -0.4 is 5.32 Å². The molecule has 3 N–H and O–H groups in total. The molecule has 360 valence electrons. The molecule has 0 aliphatic rings. The van der Waals surface area contributed by atoms with Crippen molar-refractivity contribution < 1.29 is 24.5 Å². The third-order valence-corrected chi connectivity index (χ3v) is 12.5. The fraction of sp³-hybridized carbons (Fsp3) is 0.891. The van der Waals surface area contributed by atoms with Crippen LogP contribution in [0, 0.1) is 0 Å². The van der Waals surface area contributed by atoms with E-state index in [9.17, 15) is 19.8 Å². The Labute approximate surface area is 380 Å². The first-order valence-corrected chi connectivity index (χ1v) is 27.1. The predicted molar refractivity (Wildman–Crippen MR) is 264 cm³/mol. The van der Waals surface area contributed by atoms with E-state index < -0.39 is 12.1 Å². The highest BCUT2D eigenvalue weighted by molar-refractivity contribution is 5.76. The number of ether oxygens (including phenoxy) is 1. The fourth-order valence-electron chi connectivity index (χ4n) is 8.28. The maximum absolute atomic E-state index is 12.4. The van der Waals surface area contributed by atoms with Gasteiger partial charge in [-0.05, 0) is 77.0 Å². The standard InChI is InChI=1S/C55H105NO5/c1-3-5-7-9-11-13-15-17-19-20-21-25-29-33-37-41-45-49-55(60)61-50-46-42-38-34-30-26-22-24-28-32-36-40-44-48-54(59)56-52(51-57)53(58)47-43-39-35-31-27-23-18-16-14-12-10-8-6-4-2/h17,19,24,28,52-53,57-58H,3-16,18,20-23,25-27,29-51H2,1-2H3,(H,56,59)/b19-17-,28-24-. The summed E-state index contributed by atoms with van der Waals surface area (Å²) in [4.78, 5) is 24.5. The first kappa shape index (κ1) is 59.3. The quantitative estimate of drug-likeness (QED) is 0.0322. The zero-order valence-electron chi connectivity index (χ0n) is 40.9. The largest absolute Gasteiger partial charge is 0.466 e. The van der Waals surface area contributed by atoms with E-state index >= 15 is 0 Å². The summed E-state index contributed by atoms with van der Waals surface area (Å²) in [6.07, 6.45) is 60.1. The van der Waals surface area contributed by atoms with Gasteiger partial charge in [-0.3, -0.25) is 9.59 Å². The van der Waals surface area contributed by atoms with Crippen LogP contribution in [0.15, 0.2) is 24.3 Å². The molecule has 0 aliphatic carbocycles. The zero-order valence-corrected chi connectivity index (χ0v) is 40.9. The normalized spacial score (nSPS) is 12.8. The molecule has 1 amide bonds. The van der Waals surface area contributed by atoms with Crippen LogP contribution in [0.25, 0.3) is 0 Å². The van der Waals surface area contributed by atoms with Crippen LogP contribution in [-0.4, -0.2) is 47.4 Å². The van der Waals surface area contributed by atoms with Crippen LogP contribution in [0.1, 0.15) is 290 Å². The highest BCUT2D eigenvalue weighted by atomic mass is 16.5. The SMILES string of the molecule is CCCCCCCC/C=C\CCCCCCCCCC(=O)OCCCCCCCC/C=C\CCCCCC(=O)NC(CO)C(O)CCCCCCCCCCCCCCCC. The topological polar surface area (TPSA) is 95.9 Å². The lowest BCUT2D eigenvalue weighted by molar-refractivity contribution is -0.143. The molecule has 61 heavy (non-hydrogen) atoms. The molecule has 0 aromatic carbocycles. The Morgan fingerprint density at radius 3 is 1.18 bits per heavy atom. The number of carbonyl (C=O) groups excluding carboxylic acids is 2. The predicted octanol–water partition coefficient (Wildman–Crippen LogP) is 16.3. The molecule has 0 fully saturated rings. The van der Waals surface area contributed by atoms with E-state index in [1.165, 1.54) is 186 Å². The van der Waals surface area contributed by atoms with E-state index in [-0.39, 0.29) is 18.5 Å². The number of rotatable bonds is 50. The van der Waals surface area contributed by atoms with E-state index in [0.717, 1.165) is 70.6 Å². The Morgan fingerprint density at radius 2 is 0.770 bits per heavy atom. The second-order valence-corrected chi connectivity index (χ2v) is 18.6. The van der Waals surface area contributed by atoms with E-state index in [2.05, 4.69) is 43.5 Å². The third-order valence-electron chi connectivity index (χ3n) is 12.5. The average molecular weight is 860 g/mol. The van der Waals surface area contributed by atoms with Crippen LogP contribution in [0.2, 0.25) is 0 Å². The lowest BCUT2D eigenvalue weighted by Gasteiger charge is -2.22. The first-order valence-electron chi connectivity index (χ1n) is 27.1. The third kappa shape index (κ3) is 47.7. The Balaban J connectivity index is 3.48. The van der Waals surface area contributed by atoms with Crippen molar-refractivity contribution in [3.05, 3.63) is 24.3 Å². The molecule has 0 aromatic heterocycles. The number of aliphatic hydroxyl groups is 2. The number of aliphatic hydroxyl groups excluding tert-OH is 2. The summed E-state index contributed by atoms with van der Waals surface area (Å²) in [6.45, 7) is 4.91.